The molecule has 2 rings (SSSR count). The molecule has 3 N–H and O–H groups in total. The number of nitrogens with two attached hydrogens (primary N) is 1. The fourth-order valence-corrected chi connectivity index (χ4v) is 2.23. The Kier molecular flexibility index (Phi) is 4.85. The first-order valence-corrected chi connectivity index (χ1v) is 6.82. The average molecular weight is 324 g/mol. The zero-order valence-corrected chi connectivity index (χ0v) is 12.0. The van der Waals surface area contributed by atoms with Gasteiger partial charge in [0.15, 0.2) is 11.9 Å². The Morgan fingerprint density at radius 3 is 2.17 bits per heavy atom. The molecule has 23 heavy (non-hydrogen) atoms. The number of allylic oxidation sites excluding steroid dienone is 1. The van der Waals surface area contributed by atoms with Crippen LogP contribution in [0.15, 0.2) is 35.9 Å². The lowest BCUT2D eigenvalue weighted by molar-refractivity contribution is -0.138. The van der Waals surface area contributed by atoms with Crippen LogP contribution >= 0.6 is 0 Å². The molecule has 0 radical (unpaired) electrons. The topological polar surface area (TPSA) is 101 Å². The number of carbonyl (C=O) groups excluding carboxylic acids is 2. The quantitative estimate of drug-likeness (QED) is 0.775. The molecule has 0 saturated carbocycles. The Morgan fingerprint density at radius 2 is 1.70 bits per heavy atom. The van der Waals surface area contributed by atoms with E-state index in [9.17, 15) is 23.2 Å². The van der Waals surface area contributed by atoms with Gasteiger partial charge in [0.2, 0.25) is 0 Å². The highest BCUT2D eigenvalue weighted by Gasteiger charge is 2.34. The summed E-state index contributed by atoms with van der Waals surface area (Å²) in [4.78, 5) is 35.5. The molecule has 0 saturated heterocycles. The number of halogens is 2. The van der Waals surface area contributed by atoms with E-state index in [0.29, 0.717) is 0 Å². The molecule has 1 unspecified atom stereocenters. The van der Waals surface area contributed by atoms with Gasteiger partial charge < -0.3 is 10.8 Å². The van der Waals surface area contributed by atoms with Gasteiger partial charge in [0.1, 0.15) is 5.83 Å². The smallest absolute Gasteiger partial charge is 0.327 e. The van der Waals surface area contributed by atoms with E-state index in [1.807, 2.05) is 0 Å². The highest BCUT2D eigenvalue weighted by molar-refractivity contribution is 6.21. The summed E-state index contributed by atoms with van der Waals surface area (Å²) in [5.41, 5.74) is 5.51. The van der Waals surface area contributed by atoms with E-state index in [2.05, 4.69) is 0 Å². The van der Waals surface area contributed by atoms with Gasteiger partial charge in [0.05, 0.1) is 11.1 Å². The van der Waals surface area contributed by atoms with Gasteiger partial charge in [0.25, 0.3) is 11.8 Å². The monoisotopic (exact) mass is 324 g/mol. The van der Waals surface area contributed by atoms with Gasteiger partial charge in [-0.25, -0.2) is 8.78 Å². The summed E-state index contributed by atoms with van der Waals surface area (Å²) in [6, 6.07) is 4.22. The highest BCUT2D eigenvalue weighted by atomic mass is 19.2. The number of carbonyl (C=O) groups is 3. The summed E-state index contributed by atoms with van der Waals surface area (Å²) < 4.78 is 26.9. The number of fused-ring (bicyclic) bond motifs is 1. The molecule has 1 atom stereocenters. The first kappa shape index (κ1) is 16.8. The van der Waals surface area contributed by atoms with Crippen LogP contribution in [0.1, 0.15) is 33.6 Å². The molecule has 122 valence electrons. The van der Waals surface area contributed by atoms with Crippen molar-refractivity contribution < 1.29 is 28.3 Å². The van der Waals surface area contributed by atoms with Crippen LogP contribution in [-0.4, -0.2) is 40.4 Å². The summed E-state index contributed by atoms with van der Waals surface area (Å²) in [6.07, 6.45) is -0.503. The van der Waals surface area contributed by atoms with Gasteiger partial charge >= 0.3 is 5.97 Å². The van der Waals surface area contributed by atoms with Crippen LogP contribution in [-0.2, 0) is 4.79 Å². The maximum absolute atomic E-state index is 13.5. The number of rotatable bonds is 6. The lowest BCUT2D eigenvalue weighted by atomic mass is 10.1. The molecule has 0 fully saturated rings. The second-order valence-electron chi connectivity index (χ2n) is 4.98. The van der Waals surface area contributed by atoms with Gasteiger partial charge in [-0.3, -0.25) is 19.3 Å². The number of carboxylic acid groups (broad SMARTS) is 1. The van der Waals surface area contributed by atoms with E-state index >= 15 is 0 Å². The summed E-state index contributed by atoms with van der Waals surface area (Å²) in [7, 11) is 0. The number of aliphatic carboxylic acids is 1. The minimum absolute atomic E-state index is 0.0446. The molecule has 1 aromatic carbocycles. The fraction of sp³-hybridized carbons (Fsp3) is 0.267. The van der Waals surface area contributed by atoms with Crippen molar-refractivity contribution in [3.05, 3.63) is 47.0 Å². The fourth-order valence-electron chi connectivity index (χ4n) is 2.23. The van der Waals surface area contributed by atoms with Crippen molar-refractivity contribution in [2.45, 2.75) is 18.9 Å². The van der Waals surface area contributed by atoms with Gasteiger partial charge in [-0.2, -0.15) is 0 Å². The molecule has 0 aromatic heterocycles. The molecule has 1 aromatic rings. The van der Waals surface area contributed by atoms with E-state index in [4.69, 9.17) is 10.8 Å². The number of hydrogen-bond acceptors (Lipinski definition) is 4. The largest absolute Gasteiger partial charge is 0.480 e. The first-order valence-electron chi connectivity index (χ1n) is 6.82. The van der Waals surface area contributed by atoms with Crippen LogP contribution < -0.4 is 5.73 Å². The number of carboxylic acids is 1. The number of hydrogen-bond donors (Lipinski definition) is 2. The van der Waals surface area contributed by atoms with Crippen molar-refractivity contribution in [1.82, 2.24) is 4.90 Å². The van der Waals surface area contributed by atoms with Crippen molar-refractivity contribution in [2.75, 3.05) is 6.54 Å². The van der Waals surface area contributed by atoms with Crippen LogP contribution in [0, 0.1) is 0 Å². The van der Waals surface area contributed by atoms with E-state index in [1.165, 1.54) is 12.1 Å². The number of imide groups is 1. The van der Waals surface area contributed by atoms with Crippen LogP contribution in [0.2, 0.25) is 0 Å². The van der Waals surface area contributed by atoms with Crippen LogP contribution in [0.5, 0.6) is 0 Å². The van der Waals surface area contributed by atoms with Crippen LogP contribution in [0.3, 0.4) is 0 Å². The Hall–Kier alpha value is -2.61. The lowest BCUT2D eigenvalue weighted by Gasteiger charge is -2.13. The number of benzene rings is 1. The zero-order valence-electron chi connectivity index (χ0n) is 12.0. The van der Waals surface area contributed by atoms with Gasteiger partial charge in [-0.05, 0) is 18.6 Å². The Bertz CT molecular complexity index is 667. The minimum atomic E-state index is -2.06. The van der Waals surface area contributed by atoms with Gasteiger partial charge in [0, 0.05) is 13.0 Å². The molecule has 1 aliphatic rings. The predicted octanol–water partition coefficient (Wildman–Crippen LogP) is 1.63. The molecular formula is C15H14F2N2O4. The summed E-state index contributed by atoms with van der Waals surface area (Å²) in [5.74, 6) is -5.51. The second kappa shape index (κ2) is 6.66. The van der Waals surface area contributed by atoms with Crippen molar-refractivity contribution >= 4 is 17.8 Å². The van der Waals surface area contributed by atoms with Gasteiger partial charge in [-0.1, -0.05) is 12.1 Å². The van der Waals surface area contributed by atoms with Crippen molar-refractivity contribution in [2.24, 2.45) is 5.73 Å². The third-order valence-corrected chi connectivity index (χ3v) is 3.45. The summed E-state index contributed by atoms with van der Waals surface area (Å²) in [5, 5.41) is 8.51. The molecule has 1 heterocycles. The van der Waals surface area contributed by atoms with Crippen molar-refractivity contribution in [1.29, 1.82) is 0 Å². The highest BCUT2D eigenvalue weighted by Crippen LogP contribution is 2.24. The molecule has 0 spiro atoms. The van der Waals surface area contributed by atoms with E-state index in [0.717, 1.165) is 4.90 Å². The first-order chi connectivity index (χ1) is 10.8. The van der Waals surface area contributed by atoms with Crippen molar-refractivity contribution in [3.8, 4) is 0 Å². The Balaban J connectivity index is 1.98. The predicted molar refractivity (Wildman–Crippen MR) is 75.9 cm³/mol. The zero-order chi connectivity index (χ0) is 17.1. The summed E-state index contributed by atoms with van der Waals surface area (Å²) in [6.45, 7) is -0.102. The van der Waals surface area contributed by atoms with Crippen LogP contribution in [0.4, 0.5) is 8.78 Å². The number of nitrogens with zero attached hydrogens (tertiary/aromatic N) is 1. The lowest BCUT2D eigenvalue weighted by Crippen LogP contribution is -2.32. The third kappa shape index (κ3) is 3.26. The normalized spacial score (nSPS) is 16.2. The summed E-state index contributed by atoms with van der Waals surface area (Å²) >= 11 is 0. The molecule has 0 bridgehead atoms. The van der Waals surface area contributed by atoms with E-state index in [-0.39, 0.29) is 24.1 Å². The molecule has 1 aliphatic heterocycles. The second-order valence-corrected chi connectivity index (χ2v) is 4.98. The molecule has 2 amide bonds. The molecule has 8 heteroatoms. The maximum atomic E-state index is 13.5. The molecule has 0 aliphatic carbocycles. The SMILES string of the molecule is NC(C(=O)O)C(F)=C(F)CCCN1C(=O)c2ccccc2C1=O. The minimum Gasteiger partial charge on any atom is -0.480 e. The Labute approximate surface area is 130 Å². The molecular weight excluding hydrogens is 310 g/mol. The third-order valence-electron chi connectivity index (χ3n) is 3.45. The van der Waals surface area contributed by atoms with E-state index in [1.54, 1.807) is 12.1 Å². The van der Waals surface area contributed by atoms with Crippen LogP contribution in [0.25, 0.3) is 0 Å². The Morgan fingerprint density at radius 1 is 1.17 bits per heavy atom. The van der Waals surface area contributed by atoms with E-state index < -0.39 is 41.9 Å². The van der Waals surface area contributed by atoms with Crippen molar-refractivity contribution in [3.63, 3.8) is 0 Å². The maximum Gasteiger partial charge on any atom is 0.327 e. The molecule has 6 nitrogen and oxygen atoms in total. The average Bonchev–Trinajstić information content (AvgIpc) is 2.78. The van der Waals surface area contributed by atoms with Gasteiger partial charge in [-0.15, -0.1) is 0 Å². The standard InChI is InChI=1S/C15H14F2N2O4/c16-10(11(17)12(18)15(22)23)6-3-7-19-13(20)8-4-1-2-5-9(8)14(19)21/h1-2,4-5,12H,3,6-7,18H2,(H,22,23). The number of amides is 2.